The third kappa shape index (κ3) is 2.27. The summed E-state index contributed by atoms with van der Waals surface area (Å²) in [6, 6.07) is 0. The average Bonchev–Trinajstić information content (AvgIpc) is 2.17. The zero-order valence-corrected chi connectivity index (χ0v) is 9.26. The minimum Gasteiger partial charge on any atom is -0.469 e. The number of ether oxygens (including phenoxy) is 1. The summed E-state index contributed by atoms with van der Waals surface area (Å²) < 4.78 is 4.73. The molecule has 1 aliphatic carbocycles. The number of halogens is 1. The minimum atomic E-state index is -0.419. The molecule has 4 heteroatoms. The number of methoxy groups -OCH3 is 1. The van der Waals surface area contributed by atoms with Crippen LogP contribution in [0, 0.1) is 11.3 Å². The van der Waals surface area contributed by atoms with Crippen LogP contribution in [0.4, 0.5) is 0 Å². The molecule has 1 rings (SSSR count). The van der Waals surface area contributed by atoms with Gasteiger partial charge in [0.25, 0.3) is 0 Å². The maximum atomic E-state index is 11.4. The molecule has 0 atom stereocenters. The lowest BCUT2D eigenvalue weighted by Crippen LogP contribution is -2.34. The zero-order valence-electron chi connectivity index (χ0n) is 8.51. The van der Waals surface area contributed by atoms with Crippen molar-refractivity contribution >= 4 is 22.8 Å². The molecule has 1 saturated carbocycles. The van der Waals surface area contributed by atoms with Gasteiger partial charge in [-0.2, -0.15) is 0 Å². The third-order valence-corrected chi connectivity index (χ3v) is 3.40. The predicted molar refractivity (Wildman–Crippen MR) is 52.9 cm³/mol. The van der Waals surface area contributed by atoms with E-state index in [1.54, 1.807) is 0 Å². The Hall–Kier alpha value is -0.570. The molecule has 0 aromatic heterocycles. The maximum absolute atomic E-state index is 11.4. The first-order valence-electron chi connectivity index (χ1n) is 4.77. The number of carbonyl (C=O) groups excluding carboxylic acids is 2. The molecule has 1 fully saturated rings. The lowest BCUT2D eigenvalue weighted by Gasteiger charge is -2.33. The molecule has 0 N–H and O–H groups in total. The summed E-state index contributed by atoms with van der Waals surface area (Å²) in [6.07, 6.45) is 2.74. The monoisotopic (exact) mass is 218 g/mol. The fourth-order valence-electron chi connectivity index (χ4n) is 1.93. The van der Waals surface area contributed by atoms with Crippen LogP contribution in [0.25, 0.3) is 0 Å². The molecule has 0 spiro atoms. The Labute approximate surface area is 88.8 Å². The van der Waals surface area contributed by atoms with Crippen LogP contribution in [-0.2, 0) is 14.3 Å². The van der Waals surface area contributed by atoms with Gasteiger partial charge >= 0.3 is 5.97 Å². The molecule has 0 heterocycles. The number of hydrogen-bond acceptors (Lipinski definition) is 3. The second-order valence-electron chi connectivity index (χ2n) is 4.13. The van der Waals surface area contributed by atoms with Crippen LogP contribution >= 0.6 is 11.6 Å². The number of rotatable bonds is 2. The van der Waals surface area contributed by atoms with Crippen molar-refractivity contribution < 1.29 is 14.3 Å². The molecule has 0 aromatic rings. The van der Waals surface area contributed by atoms with E-state index >= 15 is 0 Å². The Morgan fingerprint density at radius 3 is 2.21 bits per heavy atom. The summed E-state index contributed by atoms with van der Waals surface area (Å²) in [5.74, 6) is -0.257. The van der Waals surface area contributed by atoms with Gasteiger partial charge in [0.15, 0.2) is 0 Å². The van der Waals surface area contributed by atoms with Crippen LogP contribution in [0.15, 0.2) is 0 Å². The SMILES string of the molecule is COC(=O)C1(C)CCC(C(=O)Cl)CC1. The van der Waals surface area contributed by atoms with Crippen molar-refractivity contribution in [2.24, 2.45) is 11.3 Å². The molecule has 0 amide bonds. The van der Waals surface area contributed by atoms with Crippen molar-refractivity contribution in [3.05, 3.63) is 0 Å². The van der Waals surface area contributed by atoms with Gasteiger partial charge in [-0.1, -0.05) is 0 Å². The Morgan fingerprint density at radius 2 is 1.86 bits per heavy atom. The molecule has 0 unspecified atom stereocenters. The Balaban J connectivity index is 2.57. The van der Waals surface area contributed by atoms with Crippen LogP contribution in [0.1, 0.15) is 32.6 Å². The molecule has 0 aliphatic heterocycles. The standard InChI is InChI=1S/C10H15ClO3/c1-10(9(13)14-2)5-3-7(4-6-10)8(11)12/h7H,3-6H2,1-2H3. The number of esters is 1. The highest BCUT2D eigenvalue weighted by Gasteiger charge is 2.39. The molecule has 0 bridgehead atoms. The fourth-order valence-corrected chi connectivity index (χ4v) is 2.15. The van der Waals surface area contributed by atoms with Crippen LogP contribution in [0.5, 0.6) is 0 Å². The molecular formula is C10H15ClO3. The highest BCUT2D eigenvalue weighted by molar-refractivity contribution is 6.63. The van der Waals surface area contributed by atoms with E-state index in [2.05, 4.69) is 0 Å². The first-order chi connectivity index (χ1) is 6.49. The Morgan fingerprint density at radius 1 is 1.36 bits per heavy atom. The van der Waals surface area contributed by atoms with E-state index in [0.29, 0.717) is 25.7 Å². The normalized spacial score (nSPS) is 32.4. The van der Waals surface area contributed by atoms with Gasteiger partial charge in [0.1, 0.15) is 0 Å². The van der Waals surface area contributed by atoms with Crippen LogP contribution in [0.3, 0.4) is 0 Å². The summed E-state index contributed by atoms with van der Waals surface area (Å²) in [5, 5.41) is -0.281. The molecule has 80 valence electrons. The van der Waals surface area contributed by atoms with E-state index in [1.807, 2.05) is 6.92 Å². The topological polar surface area (TPSA) is 43.4 Å². The molecular weight excluding hydrogens is 204 g/mol. The van der Waals surface area contributed by atoms with Gasteiger partial charge in [0, 0.05) is 5.92 Å². The first kappa shape index (κ1) is 11.5. The quantitative estimate of drug-likeness (QED) is 0.527. The summed E-state index contributed by atoms with van der Waals surface area (Å²) in [4.78, 5) is 22.3. The lowest BCUT2D eigenvalue weighted by molar-refractivity contribution is -0.154. The van der Waals surface area contributed by atoms with E-state index in [0.717, 1.165) is 0 Å². The van der Waals surface area contributed by atoms with Gasteiger partial charge in [-0.15, -0.1) is 0 Å². The van der Waals surface area contributed by atoms with Crippen molar-refractivity contribution in [3.63, 3.8) is 0 Å². The summed E-state index contributed by atoms with van der Waals surface area (Å²) in [5.41, 5.74) is -0.419. The molecule has 0 aromatic carbocycles. The van der Waals surface area contributed by atoms with Crippen LogP contribution in [0.2, 0.25) is 0 Å². The van der Waals surface area contributed by atoms with Crippen LogP contribution in [-0.4, -0.2) is 18.3 Å². The van der Waals surface area contributed by atoms with Crippen molar-refractivity contribution in [2.45, 2.75) is 32.6 Å². The van der Waals surface area contributed by atoms with E-state index in [9.17, 15) is 9.59 Å². The van der Waals surface area contributed by atoms with Crippen molar-refractivity contribution in [2.75, 3.05) is 7.11 Å². The van der Waals surface area contributed by atoms with Gasteiger partial charge < -0.3 is 4.74 Å². The summed E-state index contributed by atoms with van der Waals surface area (Å²) in [6.45, 7) is 1.88. The molecule has 1 aliphatic rings. The Kier molecular flexibility index (Phi) is 3.53. The van der Waals surface area contributed by atoms with Crippen molar-refractivity contribution in [1.82, 2.24) is 0 Å². The van der Waals surface area contributed by atoms with E-state index in [1.165, 1.54) is 7.11 Å². The van der Waals surface area contributed by atoms with E-state index < -0.39 is 5.41 Å². The molecule has 14 heavy (non-hydrogen) atoms. The maximum Gasteiger partial charge on any atom is 0.311 e. The largest absolute Gasteiger partial charge is 0.469 e. The van der Waals surface area contributed by atoms with Crippen molar-refractivity contribution in [3.8, 4) is 0 Å². The Bertz CT molecular complexity index is 242. The van der Waals surface area contributed by atoms with Gasteiger partial charge in [-0.05, 0) is 44.2 Å². The average molecular weight is 219 g/mol. The third-order valence-electron chi connectivity index (χ3n) is 3.09. The highest BCUT2D eigenvalue weighted by atomic mass is 35.5. The predicted octanol–water partition coefficient (Wildman–Crippen LogP) is 2.12. The second-order valence-corrected chi connectivity index (χ2v) is 4.50. The van der Waals surface area contributed by atoms with Gasteiger partial charge in [-0.3, -0.25) is 9.59 Å². The smallest absolute Gasteiger partial charge is 0.311 e. The zero-order chi connectivity index (χ0) is 10.8. The van der Waals surface area contributed by atoms with Gasteiger partial charge in [-0.25, -0.2) is 0 Å². The highest BCUT2D eigenvalue weighted by Crippen LogP contribution is 2.40. The second kappa shape index (κ2) is 4.30. The lowest BCUT2D eigenvalue weighted by atomic mass is 9.72. The number of hydrogen-bond donors (Lipinski definition) is 0. The van der Waals surface area contributed by atoms with E-state index in [4.69, 9.17) is 16.3 Å². The minimum absolute atomic E-state index is 0.0746. The summed E-state index contributed by atoms with van der Waals surface area (Å²) >= 11 is 5.41. The first-order valence-corrected chi connectivity index (χ1v) is 5.15. The summed E-state index contributed by atoms with van der Waals surface area (Å²) in [7, 11) is 1.40. The molecule has 0 saturated heterocycles. The molecule has 3 nitrogen and oxygen atoms in total. The van der Waals surface area contributed by atoms with Crippen LogP contribution < -0.4 is 0 Å². The van der Waals surface area contributed by atoms with Gasteiger partial charge in [0.05, 0.1) is 12.5 Å². The van der Waals surface area contributed by atoms with Crippen molar-refractivity contribution in [1.29, 1.82) is 0 Å². The fraction of sp³-hybridized carbons (Fsp3) is 0.800. The molecule has 0 radical (unpaired) electrons. The van der Waals surface area contributed by atoms with Gasteiger partial charge in [0.2, 0.25) is 5.24 Å². The number of carbonyl (C=O) groups is 2. The van der Waals surface area contributed by atoms with E-state index in [-0.39, 0.29) is 17.1 Å².